The van der Waals surface area contributed by atoms with Crippen LogP contribution >= 0.6 is 0 Å². The zero-order chi connectivity index (χ0) is 50.6. The van der Waals surface area contributed by atoms with Crippen LogP contribution in [0.2, 0.25) is 0 Å². The maximum absolute atomic E-state index is 6.26. The molecule has 0 radical (unpaired) electrons. The molecule has 16 rings (SSSR count). The summed E-state index contributed by atoms with van der Waals surface area (Å²) in [5.74, 6) is 1.20. The molecule has 0 N–H and O–H groups in total. The summed E-state index contributed by atoms with van der Waals surface area (Å²) in [6.07, 6.45) is 0. The highest BCUT2D eigenvalue weighted by Crippen LogP contribution is 2.64. The van der Waals surface area contributed by atoms with Gasteiger partial charge in [-0.2, -0.15) is 0 Å². The van der Waals surface area contributed by atoms with Crippen LogP contribution in [-0.2, 0) is 5.41 Å². The smallest absolute Gasteiger partial charge is 0.227 e. The normalized spacial score (nSPS) is 12.8. The molecule has 6 nitrogen and oxygen atoms in total. The molecular formula is C71H44N4O2. The minimum atomic E-state index is -0.660. The molecule has 0 bridgehead atoms. The van der Waals surface area contributed by atoms with Crippen molar-refractivity contribution in [3.63, 3.8) is 0 Å². The van der Waals surface area contributed by atoms with E-state index in [0.717, 1.165) is 78.2 Å². The van der Waals surface area contributed by atoms with Crippen molar-refractivity contribution in [1.29, 1.82) is 0 Å². The maximum Gasteiger partial charge on any atom is 0.227 e. The Hall–Kier alpha value is -10.3. The van der Waals surface area contributed by atoms with Crippen molar-refractivity contribution >= 4 is 77.9 Å². The SMILES string of the molecule is c1ccc2c(c1)-c1ccccc1C21c2cc(N(c3ccc(-c4nc5ccccc5o4)cc3)c3cccc4ccccc34)ccc2-c2ccc(N(c3ccc(-c4nc5ccccc5o4)cc3)c3cccc4ccccc34)cc21. The number of anilines is 6. The number of nitrogens with zero attached hydrogens (tertiary/aromatic N) is 4. The van der Waals surface area contributed by atoms with Crippen LogP contribution in [0.25, 0.3) is 88.9 Å². The number of hydrogen-bond donors (Lipinski definition) is 0. The standard InChI is InChI=1S/C71H44N4O2/c1-3-19-53-45(15-1)17-13-27-65(53)74(49-35-31-47(32-36-49)69-72-63-25-9-11-29-67(63)76-69)51-39-41-57-58-42-40-52(44-62(58)71(61(57)43-51)59-23-7-5-21-55(59)56-22-6-8-24-60(56)71)75(66-28-14-18-46-16-2-4-20-54(46)66)50-37-33-48(34-38-50)70-73-64-26-10-12-30-68(64)77-70/h1-44H. The first-order valence-corrected chi connectivity index (χ1v) is 26.1. The fourth-order valence-electron chi connectivity index (χ4n) is 12.6. The molecule has 0 amide bonds. The van der Waals surface area contributed by atoms with Crippen LogP contribution in [0.1, 0.15) is 22.3 Å². The van der Waals surface area contributed by atoms with Gasteiger partial charge in [0.1, 0.15) is 11.0 Å². The van der Waals surface area contributed by atoms with E-state index in [9.17, 15) is 0 Å². The van der Waals surface area contributed by atoms with Crippen molar-refractivity contribution in [2.45, 2.75) is 5.41 Å². The molecule has 0 atom stereocenters. The third-order valence-corrected chi connectivity index (χ3v) is 15.9. The number of oxazole rings is 2. The highest BCUT2D eigenvalue weighted by atomic mass is 16.4. The maximum atomic E-state index is 6.26. The van der Waals surface area contributed by atoms with Gasteiger partial charge in [0.15, 0.2) is 11.2 Å². The minimum absolute atomic E-state index is 0.598. The Morgan fingerprint density at radius 2 is 0.675 bits per heavy atom. The van der Waals surface area contributed by atoms with Gasteiger partial charge in [0.25, 0.3) is 0 Å². The van der Waals surface area contributed by atoms with Gasteiger partial charge in [-0.25, -0.2) is 9.97 Å². The summed E-state index contributed by atoms with van der Waals surface area (Å²) in [6.45, 7) is 0. The van der Waals surface area contributed by atoms with Gasteiger partial charge < -0.3 is 18.6 Å². The molecule has 0 saturated carbocycles. The summed E-state index contributed by atoms with van der Waals surface area (Å²) in [4.78, 5) is 14.5. The first-order chi connectivity index (χ1) is 38.2. The van der Waals surface area contributed by atoms with Gasteiger partial charge in [-0.3, -0.25) is 0 Å². The summed E-state index contributed by atoms with van der Waals surface area (Å²) in [5.41, 5.74) is 20.7. The summed E-state index contributed by atoms with van der Waals surface area (Å²) >= 11 is 0. The van der Waals surface area contributed by atoms with E-state index in [1.807, 2.05) is 48.5 Å². The molecule has 77 heavy (non-hydrogen) atoms. The van der Waals surface area contributed by atoms with Crippen LogP contribution in [0, 0.1) is 0 Å². The van der Waals surface area contributed by atoms with E-state index < -0.39 is 5.41 Å². The third-order valence-electron chi connectivity index (χ3n) is 15.9. The van der Waals surface area contributed by atoms with Gasteiger partial charge in [-0.15, -0.1) is 0 Å². The van der Waals surface area contributed by atoms with Gasteiger partial charge in [0.05, 0.1) is 16.8 Å². The van der Waals surface area contributed by atoms with E-state index >= 15 is 0 Å². The number of para-hydroxylation sites is 4. The van der Waals surface area contributed by atoms with E-state index in [1.54, 1.807) is 0 Å². The Labute approximate surface area is 444 Å². The topological polar surface area (TPSA) is 58.5 Å². The molecule has 0 aliphatic heterocycles. The fourth-order valence-corrected chi connectivity index (χ4v) is 12.6. The minimum Gasteiger partial charge on any atom is -0.436 e. The molecule has 2 aromatic heterocycles. The molecule has 0 fully saturated rings. The predicted octanol–water partition coefficient (Wildman–Crippen LogP) is 18.9. The van der Waals surface area contributed by atoms with Crippen LogP contribution in [0.5, 0.6) is 0 Å². The van der Waals surface area contributed by atoms with Crippen molar-refractivity contribution < 1.29 is 8.83 Å². The van der Waals surface area contributed by atoms with Gasteiger partial charge in [0, 0.05) is 44.6 Å². The monoisotopic (exact) mass is 984 g/mol. The summed E-state index contributed by atoms with van der Waals surface area (Å²) < 4.78 is 12.5. The number of fused-ring (bicyclic) bond motifs is 14. The van der Waals surface area contributed by atoms with Crippen LogP contribution < -0.4 is 9.80 Å². The Morgan fingerprint density at radius 1 is 0.299 bits per heavy atom. The van der Waals surface area contributed by atoms with Crippen molar-refractivity contribution in [2.24, 2.45) is 0 Å². The lowest BCUT2D eigenvalue weighted by atomic mass is 9.70. The molecule has 0 saturated heterocycles. The first kappa shape index (κ1) is 43.1. The predicted molar refractivity (Wildman–Crippen MR) is 313 cm³/mol. The van der Waals surface area contributed by atoms with E-state index in [4.69, 9.17) is 18.8 Å². The highest BCUT2D eigenvalue weighted by Gasteiger charge is 2.52. The van der Waals surface area contributed by atoms with Gasteiger partial charge in [-0.1, -0.05) is 158 Å². The number of rotatable bonds is 8. The first-order valence-electron chi connectivity index (χ1n) is 26.1. The molecule has 2 heterocycles. The van der Waals surface area contributed by atoms with Gasteiger partial charge >= 0.3 is 0 Å². The number of aromatic nitrogens is 2. The van der Waals surface area contributed by atoms with Crippen molar-refractivity contribution in [1.82, 2.24) is 9.97 Å². The molecular weight excluding hydrogens is 941 g/mol. The van der Waals surface area contributed by atoms with E-state index in [1.165, 1.54) is 55.3 Å². The largest absolute Gasteiger partial charge is 0.436 e. The number of benzene rings is 12. The lowest BCUT2D eigenvalue weighted by Crippen LogP contribution is -2.26. The Balaban J connectivity index is 0.903. The van der Waals surface area contributed by atoms with Crippen LogP contribution in [0.15, 0.2) is 276 Å². The molecule has 1 spiro atoms. The van der Waals surface area contributed by atoms with Crippen LogP contribution in [0.3, 0.4) is 0 Å². The lowest BCUT2D eigenvalue weighted by molar-refractivity contribution is 0.619. The Kier molecular flexibility index (Phi) is 9.45. The molecule has 6 heteroatoms. The highest BCUT2D eigenvalue weighted by molar-refractivity contribution is 6.03. The molecule has 360 valence electrons. The molecule has 2 aliphatic rings. The van der Waals surface area contributed by atoms with Crippen molar-refractivity contribution in [2.75, 3.05) is 9.80 Å². The van der Waals surface area contributed by atoms with Crippen molar-refractivity contribution in [3.8, 4) is 45.2 Å². The fraction of sp³-hybridized carbons (Fsp3) is 0.0141. The number of hydrogen-bond acceptors (Lipinski definition) is 6. The average molecular weight is 985 g/mol. The quantitative estimate of drug-likeness (QED) is 0.151. The van der Waals surface area contributed by atoms with Gasteiger partial charge in [-0.05, 0) is 164 Å². The second-order valence-electron chi connectivity index (χ2n) is 20.0. The zero-order valence-corrected chi connectivity index (χ0v) is 41.5. The second kappa shape index (κ2) is 16.9. The van der Waals surface area contributed by atoms with Crippen LogP contribution in [-0.4, -0.2) is 9.97 Å². The van der Waals surface area contributed by atoms with E-state index in [-0.39, 0.29) is 0 Å². The Bertz CT molecular complexity index is 4290. The summed E-state index contributed by atoms with van der Waals surface area (Å²) in [7, 11) is 0. The van der Waals surface area contributed by atoms with Crippen LogP contribution in [0.4, 0.5) is 34.1 Å². The summed E-state index contributed by atoms with van der Waals surface area (Å²) in [5, 5.41) is 4.66. The summed E-state index contributed by atoms with van der Waals surface area (Å²) in [6, 6.07) is 96.0. The molecule has 14 aromatic rings. The second-order valence-corrected chi connectivity index (χ2v) is 20.0. The lowest BCUT2D eigenvalue weighted by Gasteiger charge is -2.33. The molecule has 0 unspecified atom stereocenters. The molecule has 2 aliphatic carbocycles. The van der Waals surface area contributed by atoms with E-state index in [0.29, 0.717) is 11.8 Å². The van der Waals surface area contributed by atoms with E-state index in [2.05, 4.69) is 228 Å². The Morgan fingerprint density at radius 3 is 1.14 bits per heavy atom. The zero-order valence-electron chi connectivity index (χ0n) is 41.5. The van der Waals surface area contributed by atoms with Gasteiger partial charge in [0.2, 0.25) is 11.8 Å². The third kappa shape index (κ3) is 6.55. The average Bonchev–Trinajstić information content (AvgIpc) is 4.41. The molecule has 12 aromatic carbocycles. The van der Waals surface area contributed by atoms with Crippen molar-refractivity contribution in [3.05, 3.63) is 289 Å².